The highest BCUT2D eigenvalue weighted by Gasteiger charge is 2.11. The molecule has 0 radical (unpaired) electrons. The first-order chi connectivity index (χ1) is 7.50. The van der Waals surface area contributed by atoms with Crippen LogP contribution in [0.15, 0.2) is 16.7 Å². The first-order valence-corrected chi connectivity index (χ1v) is 5.37. The fourth-order valence-corrected chi connectivity index (χ4v) is 1.40. The number of nitrogens with zero attached hydrogens (tertiary/aromatic N) is 3. The van der Waals surface area contributed by atoms with Crippen LogP contribution >= 0.6 is 15.9 Å². The van der Waals surface area contributed by atoms with Crippen molar-refractivity contribution in [2.24, 2.45) is 0 Å². The van der Waals surface area contributed by atoms with E-state index in [1.54, 1.807) is 0 Å². The molecule has 0 bridgehead atoms. The summed E-state index contributed by atoms with van der Waals surface area (Å²) in [6.45, 7) is 1.24. The van der Waals surface area contributed by atoms with E-state index in [1.165, 1.54) is 12.3 Å². The van der Waals surface area contributed by atoms with Gasteiger partial charge in [-0.25, -0.2) is 4.98 Å². The molecule has 6 nitrogen and oxygen atoms in total. The van der Waals surface area contributed by atoms with Gasteiger partial charge in [0.2, 0.25) is 5.88 Å². The van der Waals surface area contributed by atoms with Crippen LogP contribution in [-0.4, -0.2) is 42.1 Å². The molecule has 16 heavy (non-hydrogen) atoms. The number of halogens is 1. The molecule has 0 saturated carbocycles. The van der Waals surface area contributed by atoms with Gasteiger partial charge in [-0.05, 0) is 30.0 Å². The molecular weight excluding hydrogens is 278 g/mol. The molecule has 0 spiro atoms. The quantitative estimate of drug-likeness (QED) is 0.609. The predicted octanol–water partition coefficient (Wildman–Crippen LogP) is 1.69. The maximum absolute atomic E-state index is 10.5. The molecule has 0 N–H and O–H groups in total. The summed E-state index contributed by atoms with van der Waals surface area (Å²) in [5.74, 6) is 0.368. The Morgan fingerprint density at radius 3 is 2.81 bits per heavy atom. The number of hydrogen-bond acceptors (Lipinski definition) is 5. The highest BCUT2D eigenvalue weighted by molar-refractivity contribution is 9.10. The standard InChI is InChI=1S/C9H12BrN3O3/c1-12(2)3-4-16-9-8(10)5-7(6-11-9)13(14)15/h5-6H,3-4H2,1-2H3. The molecular formula is C9H12BrN3O3. The van der Waals surface area contributed by atoms with Crippen molar-refractivity contribution in [1.82, 2.24) is 9.88 Å². The highest BCUT2D eigenvalue weighted by atomic mass is 79.9. The second kappa shape index (κ2) is 5.76. The van der Waals surface area contributed by atoms with Crippen LogP contribution in [0.5, 0.6) is 5.88 Å². The SMILES string of the molecule is CN(C)CCOc1ncc([N+](=O)[O-])cc1Br. The highest BCUT2D eigenvalue weighted by Crippen LogP contribution is 2.26. The van der Waals surface area contributed by atoms with Crippen molar-refractivity contribution >= 4 is 21.6 Å². The maximum Gasteiger partial charge on any atom is 0.288 e. The zero-order valence-corrected chi connectivity index (χ0v) is 10.6. The Balaban J connectivity index is 2.64. The lowest BCUT2D eigenvalue weighted by atomic mass is 10.4. The van der Waals surface area contributed by atoms with Gasteiger partial charge in [0.05, 0.1) is 9.40 Å². The summed E-state index contributed by atoms with van der Waals surface area (Å²) in [6.07, 6.45) is 1.18. The third-order valence-electron chi connectivity index (χ3n) is 1.78. The zero-order valence-electron chi connectivity index (χ0n) is 9.01. The molecule has 1 aromatic heterocycles. The van der Waals surface area contributed by atoms with E-state index in [9.17, 15) is 10.1 Å². The lowest BCUT2D eigenvalue weighted by molar-refractivity contribution is -0.385. The minimum absolute atomic E-state index is 0.0631. The second-order valence-electron chi connectivity index (χ2n) is 3.39. The van der Waals surface area contributed by atoms with Crippen molar-refractivity contribution in [3.63, 3.8) is 0 Å². The fourth-order valence-electron chi connectivity index (χ4n) is 0.946. The summed E-state index contributed by atoms with van der Waals surface area (Å²) in [7, 11) is 3.86. The van der Waals surface area contributed by atoms with Gasteiger partial charge >= 0.3 is 0 Å². The van der Waals surface area contributed by atoms with Gasteiger partial charge in [0, 0.05) is 12.6 Å². The topological polar surface area (TPSA) is 68.5 Å². The minimum atomic E-state index is -0.499. The molecule has 0 unspecified atom stereocenters. The number of ether oxygens (including phenoxy) is 1. The van der Waals surface area contributed by atoms with E-state index in [1.807, 2.05) is 19.0 Å². The summed E-state index contributed by atoms with van der Waals surface area (Å²) < 4.78 is 5.85. The molecule has 1 rings (SSSR count). The Bertz CT molecular complexity index is 384. The Morgan fingerprint density at radius 2 is 2.31 bits per heavy atom. The summed E-state index contributed by atoms with van der Waals surface area (Å²) in [5, 5.41) is 10.5. The number of likely N-dealkylation sites (N-methyl/N-ethyl adjacent to an activating group) is 1. The average Bonchev–Trinajstić information content (AvgIpc) is 2.19. The van der Waals surface area contributed by atoms with E-state index in [-0.39, 0.29) is 5.69 Å². The Labute approximate surface area is 102 Å². The number of rotatable bonds is 5. The molecule has 0 saturated heterocycles. The second-order valence-corrected chi connectivity index (χ2v) is 4.24. The van der Waals surface area contributed by atoms with Gasteiger partial charge in [0.25, 0.3) is 5.69 Å². The number of nitro groups is 1. The van der Waals surface area contributed by atoms with Crippen LogP contribution in [-0.2, 0) is 0 Å². The fraction of sp³-hybridized carbons (Fsp3) is 0.444. The number of hydrogen-bond donors (Lipinski definition) is 0. The van der Waals surface area contributed by atoms with Crippen LogP contribution in [0.2, 0.25) is 0 Å². The molecule has 88 valence electrons. The molecule has 1 aromatic rings. The van der Waals surface area contributed by atoms with Gasteiger partial charge < -0.3 is 9.64 Å². The largest absolute Gasteiger partial charge is 0.475 e. The third-order valence-corrected chi connectivity index (χ3v) is 2.35. The Morgan fingerprint density at radius 1 is 1.62 bits per heavy atom. The van der Waals surface area contributed by atoms with Crippen LogP contribution in [0.3, 0.4) is 0 Å². The van der Waals surface area contributed by atoms with Gasteiger partial charge in [-0.2, -0.15) is 0 Å². The smallest absolute Gasteiger partial charge is 0.288 e. The first kappa shape index (κ1) is 12.9. The van der Waals surface area contributed by atoms with Crippen LogP contribution in [0.4, 0.5) is 5.69 Å². The minimum Gasteiger partial charge on any atom is -0.475 e. The molecule has 0 aliphatic rings. The van der Waals surface area contributed by atoms with Crippen molar-refractivity contribution in [2.45, 2.75) is 0 Å². The normalized spacial score (nSPS) is 10.5. The molecule has 0 aliphatic carbocycles. The van der Waals surface area contributed by atoms with E-state index in [4.69, 9.17) is 4.74 Å². The van der Waals surface area contributed by atoms with Crippen molar-refractivity contribution in [3.8, 4) is 5.88 Å². The third kappa shape index (κ3) is 3.74. The lowest BCUT2D eigenvalue weighted by Crippen LogP contribution is -2.19. The van der Waals surface area contributed by atoms with Crippen LogP contribution in [0.1, 0.15) is 0 Å². The van der Waals surface area contributed by atoms with Gasteiger partial charge in [0.1, 0.15) is 12.8 Å². The van der Waals surface area contributed by atoms with E-state index in [2.05, 4.69) is 20.9 Å². The summed E-state index contributed by atoms with van der Waals surface area (Å²) in [6, 6.07) is 1.37. The molecule has 0 aliphatic heterocycles. The van der Waals surface area contributed by atoms with Crippen molar-refractivity contribution in [2.75, 3.05) is 27.2 Å². The Hall–Kier alpha value is -1.21. The zero-order chi connectivity index (χ0) is 12.1. The molecule has 1 heterocycles. The Kier molecular flexibility index (Phi) is 4.63. The van der Waals surface area contributed by atoms with Crippen molar-refractivity contribution in [1.29, 1.82) is 0 Å². The average molecular weight is 290 g/mol. The maximum atomic E-state index is 10.5. The van der Waals surface area contributed by atoms with E-state index >= 15 is 0 Å². The predicted molar refractivity (Wildman–Crippen MR) is 62.6 cm³/mol. The summed E-state index contributed by atoms with van der Waals surface area (Å²) in [5.41, 5.74) is -0.0631. The molecule has 0 atom stereocenters. The molecule has 0 fully saturated rings. The van der Waals surface area contributed by atoms with Gasteiger partial charge in [0.15, 0.2) is 0 Å². The summed E-state index contributed by atoms with van der Waals surface area (Å²) in [4.78, 5) is 15.8. The van der Waals surface area contributed by atoms with E-state index < -0.39 is 4.92 Å². The molecule has 0 aromatic carbocycles. The van der Waals surface area contributed by atoms with Crippen LogP contribution < -0.4 is 4.74 Å². The van der Waals surface area contributed by atoms with Crippen molar-refractivity contribution < 1.29 is 9.66 Å². The van der Waals surface area contributed by atoms with Crippen LogP contribution in [0.25, 0.3) is 0 Å². The van der Waals surface area contributed by atoms with Crippen molar-refractivity contribution in [3.05, 3.63) is 26.9 Å². The van der Waals surface area contributed by atoms with E-state index in [0.717, 1.165) is 6.54 Å². The monoisotopic (exact) mass is 289 g/mol. The number of aromatic nitrogens is 1. The van der Waals surface area contributed by atoms with Gasteiger partial charge in [-0.15, -0.1) is 0 Å². The number of pyridine rings is 1. The summed E-state index contributed by atoms with van der Waals surface area (Å²) >= 11 is 3.18. The van der Waals surface area contributed by atoms with Gasteiger partial charge in [-0.3, -0.25) is 10.1 Å². The van der Waals surface area contributed by atoms with Crippen LogP contribution in [0, 0.1) is 10.1 Å². The first-order valence-electron chi connectivity index (χ1n) is 4.58. The molecule has 7 heteroatoms. The lowest BCUT2D eigenvalue weighted by Gasteiger charge is -2.10. The van der Waals surface area contributed by atoms with Gasteiger partial charge in [-0.1, -0.05) is 0 Å². The van der Waals surface area contributed by atoms with E-state index in [0.29, 0.717) is 17.0 Å². The molecule has 0 amide bonds.